The number of oxazole rings is 1. The van der Waals surface area contributed by atoms with Crippen molar-refractivity contribution in [3.63, 3.8) is 0 Å². The number of likely N-dealkylation sites (N-methyl/N-ethyl adjacent to an activating group) is 1. The molecule has 2 aromatic heterocycles. The van der Waals surface area contributed by atoms with Crippen LogP contribution in [-0.2, 0) is 12.2 Å². The molecule has 1 N–H and O–H groups in total. The molecule has 8 heteroatoms. The van der Waals surface area contributed by atoms with Crippen LogP contribution in [-0.4, -0.2) is 28.2 Å². The molecule has 1 aromatic carbocycles. The van der Waals surface area contributed by atoms with E-state index in [1.807, 2.05) is 38.2 Å². The van der Waals surface area contributed by atoms with E-state index >= 15 is 0 Å². The van der Waals surface area contributed by atoms with Gasteiger partial charge in [0.25, 0.3) is 0 Å². The van der Waals surface area contributed by atoms with E-state index in [1.54, 1.807) is 18.0 Å². The van der Waals surface area contributed by atoms with Crippen LogP contribution in [0.4, 0.5) is 0 Å². The van der Waals surface area contributed by atoms with E-state index < -0.39 is 0 Å². The SMILES string of the molecule is CNC(C)Cc1noc(C(C)SCc2ncc(-c3ccc(Cl)cc3)o2)n1. The van der Waals surface area contributed by atoms with Gasteiger partial charge in [-0.15, -0.1) is 11.8 Å². The fourth-order valence-corrected chi connectivity index (χ4v) is 3.17. The first-order valence-electron chi connectivity index (χ1n) is 8.37. The van der Waals surface area contributed by atoms with E-state index in [-0.39, 0.29) is 5.25 Å². The average Bonchev–Trinajstić information content (AvgIpc) is 3.30. The zero-order valence-electron chi connectivity index (χ0n) is 14.9. The van der Waals surface area contributed by atoms with Crippen LogP contribution in [0.15, 0.2) is 39.4 Å². The Morgan fingerprint density at radius 3 is 2.73 bits per heavy atom. The maximum Gasteiger partial charge on any atom is 0.239 e. The van der Waals surface area contributed by atoms with Crippen molar-refractivity contribution in [1.29, 1.82) is 0 Å². The molecule has 0 amide bonds. The number of nitrogens with one attached hydrogen (secondary N) is 1. The smallest absolute Gasteiger partial charge is 0.239 e. The largest absolute Gasteiger partial charge is 0.440 e. The molecule has 0 radical (unpaired) electrons. The summed E-state index contributed by atoms with van der Waals surface area (Å²) < 4.78 is 11.2. The lowest BCUT2D eigenvalue weighted by Gasteiger charge is -2.05. The Labute approximate surface area is 161 Å². The minimum absolute atomic E-state index is 0.0621. The Kier molecular flexibility index (Phi) is 6.34. The van der Waals surface area contributed by atoms with E-state index in [0.29, 0.717) is 28.6 Å². The van der Waals surface area contributed by atoms with Crippen LogP contribution in [0, 0.1) is 0 Å². The third-order valence-electron chi connectivity index (χ3n) is 3.95. The van der Waals surface area contributed by atoms with Crippen LogP contribution in [0.1, 0.15) is 36.7 Å². The summed E-state index contributed by atoms with van der Waals surface area (Å²) >= 11 is 7.55. The lowest BCUT2D eigenvalue weighted by atomic mass is 10.2. The van der Waals surface area contributed by atoms with E-state index in [2.05, 4.69) is 27.4 Å². The zero-order valence-corrected chi connectivity index (χ0v) is 16.5. The van der Waals surface area contributed by atoms with Crippen molar-refractivity contribution >= 4 is 23.4 Å². The van der Waals surface area contributed by atoms with Crippen LogP contribution >= 0.6 is 23.4 Å². The van der Waals surface area contributed by atoms with Crippen LogP contribution in [0.3, 0.4) is 0 Å². The predicted octanol–water partition coefficient (Wildman–Crippen LogP) is 4.52. The van der Waals surface area contributed by atoms with Gasteiger partial charge in [0.15, 0.2) is 11.6 Å². The van der Waals surface area contributed by atoms with Crippen molar-refractivity contribution in [1.82, 2.24) is 20.4 Å². The highest BCUT2D eigenvalue weighted by atomic mass is 35.5. The maximum atomic E-state index is 5.91. The molecular formula is C18H21ClN4O2S. The summed E-state index contributed by atoms with van der Waals surface area (Å²) in [6, 6.07) is 7.79. The molecule has 0 saturated heterocycles. The Bertz CT molecular complexity index is 834. The lowest BCUT2D eigenvalue weighted by molar-refractivity contribution is 0.372. The van der Waals surface area contributed by atoms with E-state index in [1.165, 1.54) is 0 Å². The number of nitrogens with zero attached hydrogens (tertiary/aromatic N) is 3. The minimum atomic E-state index is 0.0621. The van der Waals surface area contributed by atoms with E-state index in [9.17, 15) is 0 Å². The first kappa shape index (κ1) is 18.9. The van der Waals surface area contributed by atoms with Gasteiger partial charge in [-0.05, 0) is 45.2 Å². The van der Waals surface area contributed by atoms with Gasteiger partial charge in [-0.3, -0.25) is 0 Å². The predicted molar refractivity (Wildman–Crippen MR) is 103 cm³/mol. The molecule has 0 aliphatic carbocycles. The highest BCUT2D eigenvalue weighted by Gasteiger charge is 2.17. The van der Waals surface area contributed by atoms with Crippen LogP contribution in [0.25, 0.3) is 11.3 Å². The first-order valence-corrected chi connectivity index (χ1v) is 9.80. The number of aromatic nitrogens is 3. The normalized spacial score (nSPS) is 13.7. The van der Waals surface area contributed by atoms with Gasteiger partial charge in [0.05, 0.1) is 17.2 Å². The highest BCUT2D eigenvalue weighted by Crippen LogP contribution is 2.31. The third kappa shape index (κ3) is 4.87. The zero-order chi connectivity index (χ0) is 18.5. The molecule has 2 heterocycles. The van der Waals surface area contributed by atoms with Gasteiger partial charge < -0.3 is 14.3 Å². The average molecular weight is 393 g/mol. The standard InChI is InChI=1S/C18H21ClN4O2S/c1-11(20-3)8-16-22-18(25-23-16)12(2)26-10-17-21-9-15(24-17)13-4-6-14(19)7-5-13/h4-7,9,11-12,20H,8,10H2,1-3H3. The molecule has 3 rings (SSSR count). The Morgan fingerprint density at radius 1 is 1.23 bits per heavy atom. The molecule has 3 aromatic rings. The highest BCUT2D eigenvalue weighted by molar-refractivity contribution is 7.98. The maximum absolute atomic E-state index is 5.91. The van der Waals surface area contributed by atoms with Crippen molar-refractivity contribution in [3.8, 4) is 11.3 Å². The lowest BCUT2D eigenvalue weighted by Crippen LogP contribution is -2.24. The van der Waals surface area contributed by atoms with E-state index in [0.717, 1.165) is 23.6 Å². The minimum Gasteiger partial charge on any atom is -0.440 e. The summed E-state index contributed by atoms with van der Waals surface area (Å²) in [6.07, 6.45) is 2.47. The Hall–Kier alpha value is -1.83. The van der Waals surface area contributed by atoms with Crippen molar-refractivity contribution in [2.24, 2.45) is 0 Å². The van der Waals surface area contributed by atoms with Gasteiger partial charge in [-0.1, -0.05) is 16.8 Å². The molecule has 0 saturated carbocycles. The summed E-state index contributed by atoms with van der Waals surface area (Å²) in [7, 11) is 1.92. The molecule has 6 nitrogen and oxygen atoms in total. The van der Waals surface area contributed by atoms with Crippen molar-refractivity contribution < 1.29 is 8.94 Å². The van der Waals surface area contributed by atoms with Crippen LogP contribution in [0.2, 0.25) is 5.02 Å². The van der Waals surface area contributed by atoms with E-state index in [4.69, 9.17) is 20.5 Å². The van der Waals surface area contributed by atoms with Gasteiger partial charge in [0.2, 0.25) is 11.8 Å². The van der Waals surface area contributed by atoms with Gasteiger partial charge in [0.1, 0.15) is 0 Å². The van der Waals surface area contributed by atoms with Crippen molar-refractivity contribution in [3.05, 3.63) is 53.1 Å². The van der Waals surface area contributed by atoms with Gasteiger partial charge in [-0.2, -0.15) is 4.98 Å². The number of hydrogen-bond donors (Lipinski definition) is 1. The van der Waals surface area contributed by atoms with Crippen molar-refractivity contribution in [2.45, 2.75) is 37.3 Å². The fraction of sp³-hybridized carbons (Fsp3) is 0.389. The monoisotopic (exact) mass is 392 g/mol. The van der Waals surface area contributed by atoms with Gasteiger partial charge >= 0.3 is 0 Å². The molecule has 2 atom stereocenters. The number of thioether (sulfide) groups is 1. The summed E-state index contributed by atoms with van der Waals surface area (Å²) in [6.45, 7) is 4.11. The molecule has 26 heavy (non-hydrogen) atoms. The van der Waals surface area contributed by atoms with Crippen LogP contribution in [0.5, 0.6) is 0 Å². The Balaban J connectivity index is 1.56. The quantitative estimate of drug-likeness (QED) is 0.603. The molecule has 2 unspecified atom stereocenters. The summed E-state index contributed by atoms with van der Waals surface area (Å²) in [5.74, 6) is 3.36. The number of halogens is 1. The second-order valence-corrected chi connectivity index (χ2v) is 7.79. The molecule has 0 spiro atoms. The summed E-state index contributed by atoms with van der Waals surface area (Å²) in [5, 5.41) is 7.96. The second-order valence-electron chi connectivity index (χ2n) is 6.02. The molecule has 138 valence electrons. The fourth-order valence-electron chi connectivity index (χ4n) is 2.28. The molecule has 0 bridgehead atoms. The number of hydrogen-bond acceptors (Lipinski definition) is 7. The molecule has 0 aliphatic rings. The first-order chi connectivity index (χ1) is 12.5. The molecule has 0 aliphatic heterocycles. The van der Waals surface area contributed by atoms with Gasteiger partial charge in [0, 0.05) is 23.0 Å². The Morgan fingerprint density at radius 2 is 2.00 bits per heavy atom. The molecule has 0 fully saturated rings. The summed E-state index contributed by atoms with van der Waals surface area (Å²) in [5.41, 5.74) is 0.950. The van der Waals surface area contributed by atoms with Gasteiger partial charge in [-0.25, -0.2) is 4.98 Å². The number of rotatable bonds is 8. The number of benzene rings is 1. The topological polar surface area (TPSA) is 77.0 Å². The second kappa shape index (κ2) is 8.70. The molecular weight excluding hydrogens is 372 g/mol. The third-order valence-corrected chi connectivity index (χ3v) is 5.32. The van der Waals surface area contributed by atoms with Crippen LogP contribution < -0.4 is 5.32 Å². The summed E-state index contributed by atoms with van der Waals surface area (Å²) in [4.78, 5) is 8.81. The van der Waals surface area contributed by atoms with Crippen molar-refractivity contribution in [2.75, 3.05) is 7.05 Å².